The van der Waals surface area contributed by atoms with Gasteiger partial charge in [-0.1, -0.05) is 0 Å². The molecule has 2 rings (SSSR count). The summed E-state index contributed by atoms with van der Waals surface area (Å²) in [5.41, 5.74) is 0.446. The molecular formula is C17H24N6O3. The molecule has 9 nitrogen and oxygen atoms in total. The first kappa shape index (κ1) is 19.4. The zero-order valence-corrected chi connectivity index (χ0v) is 15.4. The van der Waals surface area contributed by atoms with Gasteiger partial charge in [0.2, 0.25) is 5.91 Å². The van der Waals surface area contributed by atoms with E-state index in [1.807, 2.05) is 27.7 Å². The zero-order chi connectivity index (χ0) is 19.1. The highest BCUT2D eigenvalue weighted by atomic mass is 16.5. The maximum atomic E-state index is 12.0. The molecule has 2 amide bonds. The van der Waals surface area contributed by atoms with Gasteiger partial charge in [0.05, 0.1) is 12.6 Å². The van der Waals surface area contributed by atoms with Crippen LogP contribution in [-0.2, 0) is 11.4 Å². The smallest absolute Gasteiger partial charge is 0.251 e. The van der Waals surface area contributed by atoms with Crippen molar-refractivity contribution in [2.24, 2.45) is 0 Å². The lowest BCUT2D eigenvalue weighted by Gasteiger charge is -2.10. The van der Waals surface area contributed by atoms with Gasteiger partial charge in [0.1, 0.15) is 12.4 Å². The number of benzene rings is 1. The molecule has 9 heteroatoms. The topological polar surface area (TPSA) is 111 Å². The van der Waals surface area contributed by atoms with E-state index in [1.54, 1.807) is 28.9 Å². The molecule has 0 saturated heterocycles. The Morgan fingerprint density at radius 1 is 1.15 bits per heavy atom. The Bertz CT molecular complexity index is 739. The summed E-state index contributed by atoms with van der Waals surface area (Å²) in [5, 5.41) is 16.8. The SMILES string of the molecule is CC(C)NC(=O)CNC(=O)c1ccc(OCc2nnnn2C(C)C)cc1. The second kappa shape index (κ2) is 8.93. The van der Waals surface area contributed by atoms with E-state index in [2.05, 4.69) is 26.2 Å². The minimum absolute atomic E-state index is 0.0347. The number of rotatable bonds is 8. The van der Waals surface area contributed by atoms with Gasteiger partial charge < -0.3 is 15.4 Å². The third-order valence-corrected chi connectivity index (χ3v) is 3.39. The van der Waals surface area contributed by atoms with Crippen LogP contribution < -0.4 is 15.4 Å². The minimum atomic E-state index is -0.320. The molecule has 0 bridgehead atoms. The van der Waals surface area contributed by atoms with Crippen LogP contribution in [0.3, 0.4) is 0 Å². The molecule has 0 fully saturated rings. The number of hydrogen-bond donors (Lipinski definition) is 2. The molecule has 2 N–H and O–H groups in total. The van der Waals surface area contributed by atoms with Crippen molar-refractivity contribution in [1.29, 1.82) is 0 Å². The molecule has 1 aromatic heterocycles. The molecule has 1 heterocycles. The third kappa shape index (κ3) is 5.54. The first-order chi connectivity index (χ1) is 12.4. The predicted molar refractivity (Wildman–Crippen MR) is 94.6 cm³/mol. The number of amides is 2. The number of ether oxygens (including phenoxy) is 1. The van der Waals surface area contributed by atoms with E-state index in [4.69, 9.17) is 4.74 Å². The number of hydrogen-bond acceptors (Lipinski definition) is 6. The highest BCUT2D eigenvalue weighted by Gasteiger charge is 2.11. The van der Waals surface area contributed by atoms with Gasteiger partial charge in [0.15, 0.2) is 5.82 Å². The molecule has 0 aliphatic carbocycles. The lowest BCUT2D eigenvalue weighted by Crippen LogP contribution is -2.39. The van der Waals surface area contributed by atoms with Gasteiger partial charge in [-0.05, 0) is 62.4 Å². The van der Waals surface area contributed by atoms with Crippen molar-refractivity contribution < 1.29 is 14.3 Å². The van der Waals surface area contributed by atoms with E-state index in [9.17, 15) is 9.59 Å². The molecule has 0 radical (unpaired) electrons. The molecule has 0 unspecified atom stereocenters. The number of tetrazole rings is 1. The van der Waals surface area contributed by atoms with E-state index < -0.39 is 0 Å². The Kier molecular flexibility index (Phi) is 6.65. The Balaban J connectivity index is 1.86. The van der Waals surface area contributed by atoms with Gasteiger partial charge in [-0.2, -0.15) is 0 Å². The summed E-state index contributed by atoms with van der Waals surface area (Å²) in [6.07, 6.45) is 0. The molecular weight excluding hydrogens is 336 g/mol. The first-order valence-corrected chi connectivity index (χ1v) is 8.44. The van der Waals surface area contributed by atoms with Gasteiger partial charge in [-0.3, -0.25) is 9.59 Å². The van der Waals surface area contributed by atoms with Crippen LogP contribution in [0.5, 0.6) is 5.75 Å². The zero-order valence-electron chi connectivity index (χ0n) is 15.4. The molecule has 2 aromatic rings. The number of aromatic nitrogens is 4. The van der Waals surface area contributed by atoms with Crippen molar-refractivity contribution in [3.05, 3.63) is 35.7 Å². The van der Waals surface area contributed by atoms with Crippen LogP contribution in [-0.4, -0.2) is 44.6 Å². The van der Waals surface area contributed by atoms with Crippen LogP contribution in [0.1, 0.15) is 49.9 Å². The highest BCUT2D eigenvalue weighted by Crippen LogP contribution is 2.14. The molecule has 0 saturated carbocycles. The van der Waals surface area contributed by atoms with Crippen LogP contribution >= 0.6 is 0 Å². The average molecular weight is 360 g/mol. The second-order valence-corrected chi connectivity index (χ2v) is 6.35. The van der Waals surface area contributed by atoms with Crippen LogP contribution in [0.15, 0.2) is 24.3 Å². The summed E-state index contributed by atoms with van der Waals surface area (Å²) in [5.74, 6) is 0.672. The maximum absolute atomic E-state index is 12.0. The van der Waals surface area contributed by atoms with Crippen molar-refractivity contribution in [3.63, 3.8) is 0 Å². The van der Waals surface area contributed by atoms with Crippen molar-refractivity contribution in [2.75, 3.05) is 6.54 Å². The van der Waals surface area contributed by atoms with Gasteiger partial charge in [0.25, 0.3) is 5.91 Å². The Labute approximate surface area is 152 Å². The third-order valence-electron chi connectivity index (χ3n) is 3.39. The largest absolute Gasteiger partial charge is 0.486 e. The standard InChI is InChI=1S/C17H24N6O3/c1-11(2)19-16(24)9-18-17(25)13-5-7-14(8-6-13)26-10-15-20-21-22-23(15)12(3)4/h5-8,11-12H,9-10H2,1-4H3,(H,18,25)(H,19,24). The van der Waals surface area contributed by atoms with Crippen LogP contribution in [0.2, 0.25) is 0 Å². The monoisotopic (exact) mass is 360 g/mol. The van der Waals surface area contributed by atoms with Gasteiger partial charge in [0, 0.05) is 11.6 Å². The quantitative estimate of drug-likeness (QED) is 0.729. The Hall–Kier alpha value is -2.97. The van der Waals surface area contributed by atoms with Crippen LogP contribution in [0.25, 0.3) is 0 Å². The Morgan fingerprint density at radius 3 is 2.46 bits per heavy atom. The second-order valence-electron chi connectivity index (χ2n) is 6.35. The fourth-order valence-corrected chi connectivity index (χ4v) is 2.19. The van der Waals surface area contributed by atoms with Crippen molar-refractivity contribution in [1.82, 2.24) is 30.8 Å². The minimum Gasteiger partial charge on any atom is -0.486 e. The van der Waals surface area contributed by atoms with E-state index in [0.717, 1.165) is 0 Å². The number of nitrogens with zero attached hydrogens (tertiary/aromatic N) is 4. The Morgan fingerprint density at radius 2 is 1.85 bits per heavy atom. The summed E-state index contributed by atoms with van der Waals surface area (Å²) in [6.45, 7) is 7.85. The molecule has 26 heavy (non-hydrogen) atoms. The summed E-state index contributed by atoms with van der Waals surface area (Å²) >= 11 is 0. The normalized spacial score (nSPS) is 10.8. The van der Waals surface area contributed by atoms with Gasteiger partial charge in [-0.25, -0.2) is 4.68 Å². The predicted octanol–water partition coefficient (Wildman–Crippen LogP) is 1.09. The lowest BCUT2D eigenvalue weighted by molar-refractivity contribution is -0.120. The van der Waals surface area contributed by atoms with Crippen molar-refractivity contribution >= 4 is 11.8 Å². The van der Waals surface area contributed by atoms with E-state index >= 15 is 0 Å². The van der Waals surface area contributed by atoms with Gasteiger partial charge in [-0.15, -0.1) is 5.10 Å². The molecule has 140 valence electrons. The summed E-state index contributed by atoms with van der Waals surface area (Å²) < 4.78 is 7.34. The summed E-state index contributed by atoms with van der Waals surface area (Å²) in [7, 11) is 0. The number of nitrogens with one attached hydrogen (secondary N) is 2. The summed E-state index contributed by atoms with van der Waals surface area (Å²) in [4.78, 5) is 23.6. The lowest BCUT2D eigenvalue weighted by atomic mass is 10.2. The van der Waals surface area contributed by atoms with E-state index in [0.29, 0.717) is 17.1 Å². The first-order valence-electron chi connectivity index (χ1n) is 8.44. The van der Waals surface area contributed by atoms with Crippen molar-refractivity contribution in [2.45, 2.75) is 46.4 Å². The van der Waals surface area contributed by atoms with E-state index in [1.165, 1.54) is 0 Å². The van der Waals surface area contributed by atoms with E-state index in [-0.39, 0.29) is 37.0 Å². The van der Waals surface area contributed by atoms with Gasteiger partial charge >= 0.3 is 0 Å². The van der Waals surface area contributed by atoms with Crippen LogP contribution in [0, 0.1) is 0 Å². The highest BCUT2D eigenvalue weighted by molar-refractivity contribution is 5.96. The molecule has 0 aliphatic heterocycles. The maximum Gasteiger partial charge on any atom is 0.251 e. The average Bonchev–Trinajstić information content (AvgIpc) is 3.06. The summed E-state index contributed by atoms with van der Waals surface area (Å²) in [6, 6.07) is 6.82. The molecule has 0 atom stereocenters. The molecule has 0 aliphatic rings. The van der Waals surface area contributed by atoms with Crippen LogP contribution in [0.4, 0.5) is 0 Å². The molecule has 0 spiro atoms. The molecule has 1 aromatic carbocycles. The number of carbonyl (C=O) groups excluding carboxylic acids is 2. The number of carbonyl (C=O) groups is 2. The van der Waals surface area contributed by atoms with Crippen molar-refractivity contribution in [3.8, 4) is 5.75 Å². The fourth-order valence-electron chi connectivity index (χ4n) is 2.19. The fraction of sp³-hybridized carbons (Fsp3) is 0.471.